The highest BCUT2D eigenvalue weighted by molar-refractivity contribution is 5.84. The molecule has 116 valence electrons. The first kappa shape index (κ1) is 14.8. The third kappa shape index (κ3) is 2.81. The lowest BCUT2D eigenvalue weighted by molar-refractivity contribution is -0.131. The molecule has 0 atom stereocenters. The zero-order chi connectivity index (χ0) is 16.4. The Labute approximate surface area is 132 Å². The molecule has 2 aromatic carbocycles. The van der Waals surface area contributed by atoms with Gasteiger partial charge in [0, 0.05) is 18.6 Å². The smallest absolute Gasteiger partial charge is 0.308 e. The van der Waals surface area contributed by atoms with Crippen LogP contribution < -0.4 is 14.9 Å². The Morgan fingerprint density at radius 2 is 1.87 bits per heavy atom. The van der Waals surface area contributed by atoms with Gasteiger partial charge in [0.2, 0.25) is 5.43 Å². The zero-order valence-corrected chi connectivity index (χ0v) is 12.7. The molecule has 3 rings (SSSR count). The van der Waals surface area contributed by atoms with Crippen molar-refractivity contribution in [3.8, 4) is 22.6 Å². The summed E-state index contributed by atoms with van der Waals surface area (Å²) < 4.78 is 15.8. The van der Waals surface area contributed by atoms with Gasteiger partial charge in [-0.05, 0) is 18.2 Å². The van der Waals surface area contributed by atoms with Crippen molar-refractivity contribution in [2.45, 2.75) is 6.92 Å². The Kier molecular flexibility index (Phi) is 3.85. The molecule has 5 heteroatoms. The van der Waals surface area contributed by atoms with Crippen molar-refractivity contribution >= 4 is 16.9 Å². The third-order valence-corrected chi connectivity index (χ3v) is 3.40. The summed E-state index contributed by atoms with van der Waals surface area (Å²) in [5, 5.41) is 0.407. The molecular weight excluding hydrogens is 296 g/mol. The highest BCUT2D eigenvalue weighted by Crippen LogP contribution is 2.29. The summed E-state index contributed by atoms with van der Waals surface area (Å²) in [5.41, 5.74) is 1.25. The van der Waals surface area contributed by atoms with Gasteiger partial charge in [-0.15, -0.1) is 0 Å². The molecule has 1 heterocycles. The standard InChI is InChI=1S/C18H14O5/c1-11(19)23-12-7-8-14-17(9-12)22-10-15(18(14)20)13-5-3-4-6-16(13)21-2/h3-10H,1-2H3. The third-order valence-electron chi connectivity index (χ3n) is 3.40. The molecule has 0 aliphatic rings. The lowest BCUT2D eigenvalue weighted by Crippen LogP contribution is -2.06. The summed E-state index contributed by atoms with van der Waals surface area (Å²) in [6, 6.07) is 11.9. The maximum Gasteiger partial charge on any atom is 0.308 e. The van der Waals surface area contributed by atoms with Gasteiger partial charge in [0.25, 0.3) is 0 Å². The number of benzene rings is 2. The lowest BCUT2D eigenvalue weighted by atomic mass is 10.0. The van der Waals surface area contributed by atoms with E-state index in [9.17, 15) is 9.59 Å². The van der Waals surface area contributed by atoms with Crippen molar-refractivity contribution in [2.75, 3.05) is 7.11 Å². The summed E-state index contributed by atoms with van der Waals surface area (Å²) >= 11 is 0. The Hall–Kier alpha value is -3.08. The second kappa shape index (κ2) is 5.96. The number of fused-ring (bicyclic) bond motifs is 1. The van der Waals surface area contributed by atoms with Crippen LogP contribution in [0.5, 0.6) is 11.5 Å². The first-order valence-electron chi connectivity index (χ1n) is 6.97. The molecule has 23 heavy (non-hydrogen) atoms. The van der Waals surface area contributed by atoms with Crippen molar-refractivity contribution in [1.82, 2.24) is 0 Å². The van der Waals surface area contributed by atoms with E-state index in [1.807, 2.05) is 12.1 Å². The summed E-state index contributed by atoms with van der Waals surface area (Å²) in [7, 11) is 1.55. The first-order chi connectivity index (χ1) is 11.1. The van der Waals surface area contributed by atoms with E-state index >= 15 is 0 Å². The number of ether oxygens (including phenoxy) is 2. The van der Waals surface area contributed by atoms with E-state index in [4.69, 9.17) is 13.9 Å². The minimum Gasteiger partial charge on any atom is -0.496 e. The molecule has 0 saturated heterocycles. The van der Waals surface area contributed by atoms with E-state index in [0.717, 1.165) is 0 Å². The van der Waals surface area contributed by atoms with Crippen molar-refractivity contribution in [1.29, 1.82) is 0 Å². The van der Waals surface area contributed by atoms with Crippen LogP contribution in [0.25, 0.3) is 22.1 Å². The highest BCUT2D eigenvalue weighted by Gasteiger charge is 2.13. The maximum absolute atomic E-state index is 12.7. The highest BCUT2D eigenvalue weighted by atomic mass is 16.5. The quantitative estimate of drug-likeness (QED) is 0.548. The van der Waals surface area contributed by atoms with Crippen LogP contribution in [0, 0.1) is 0 Å². The van der Waals surface area contributed by atoms with Gasteiger partial charge in [-0.25, -0.2) is 0 Å². The normalized spacial score (nSPS) is 10.5. The molecule has 0 saturated carbocycles. The van der Waals surface area contributed by atoms with E-state index < -0.39 is 5.97 Å². The molecule has 0 spiro atoms. The number of methoxy groups -OCH3 is 1. The van der Waals surface area contributed by atoms with Gasteiger partial charge < -0.3 is 13.9 Å². The molecule has 0 aliphatic carbocycles. The molecule has 3 aromatic rings. The van der Waals surface area contributed by atoms with E-state index in [2.05, 4.69) is 0 Å². The number of rotatable bonds is 3. The maximum atomic E-state index is 12.7. The fourth-order valence-corrected chi connectivity index (χ4v) is 2.39. The largest absolute Gasteiger partial charge is 0.496 e. The average molecular weight is 310 g/mol. The molecule has 1 aromatic heterocycles. The van der Waals surface area contributed by atoms with Gasteiger partial charge in [-0.2, -0.15) is 0 Å². The van der Waals surface area contributed by atoms with Crippen LogP contribution in [0.2, 0.25) is 0 Å². The SMILES string of the molecule is COc1ccccc1-c1coc2cc(OC(C)=O)ccc2c1=O. The Balaban J connectivity index is 2.16. The topological polar surface area (TPSA) is 65.7 Å². The molecule has 0 fully saturated rings. The number of hydrogen-bond acceptors (Lipinski definition) is 5. The number of esters is 1. The summed E-state index contributed by atoms with van der Waals surface area (Å²) in [6.07, 6.45) is 1.39. The summed E-state index contributed by atoms with van der Waals surface area (Å²) in [5.74, 6) is 0.492. The van der Waals surface area contributed by atoms with E-state index in [1.54, 1.807) is 31.4 Å². The minimum absolute atomic E-state index is 0.176. The monoisotopic (exact) mass is 310 g/mol. The van der Waals surface area contributed by atoms with Crippen LogP contribution in [0.15, 0.2) is 57.9 Å². The summed E-state index contributed by atoms with van der Waals surface area (Å²) in [4.78, 5) is 23.7. The predicted octanol–water partition coefficient (Wildman–Crippen LogP) is 3.39. The molecular formula is C18H14O5. The van der Waals surface area contributed by atoms with E-state index in [-0.39, 0.29) is 5.43 Å². The van der Waals surface area contributed by atoms with Gasteiger partial charge in [0.1, 0.15) is 23.3 Å². The molecule has 0 radical (unpaired) electrons. The van der Waals surface area contributed by atoms with Gasteiger partial charge in [-0.3, -0.25) is 9.59 Å². The predicted molar refractivity (Wildman–Crippen MR) is 85.8 cm³/mol. The van der Waals surface area contributed by atoms with Crippen LogP contribution in [0.1, 0.15) is 6.92 Å². The molecule has 5 nitrogen and oxygen atoms in total. The van der Waals surface area contributed by atoms with E-state index in [0.29, 0.717) is 33.6 Å². The first-order valence-corrected chi connectivity index (χ1v) is 6.97. The fraction of sp³-hybridized carbons (Fsp3) is 0.111. The van der Waals surface area contributed by atoms with Gasteiger partial charge in [0.15, 0.2) is 0 Å². The number of carbonyl (C=O) groups is 1. The van der Waals surface area contributed by atoms with Crippen LogP contribution in [0.4, 0.5) is 0 Å². The van der Waals surface area contributed by atoms with Crippen molar-refractivity contribution in [2.24, 2.45) is 0 Å². The fourth-order valence-electron chi connectivity index (χ4n) is 2.39. The minimum atomic E-state index is -0.433. The average Bonchev–Trinajstić information content (AvgIpc) is 2.54. The Morgan fingerprint density at radius 1 is 1.09 bits per heavy atom. The lowest BCUT2D eigenvalue weighted by Gasteiger charge is -2.08. The number of hydrogen-bond donors (Lipinski definition) is 0. The van der Waals surface area contributed by atoms with Gasteiger partial charge in [0.05, 0.1) is 18.1 Å². The molecule has 0 unspecified atom stereocenters. The summed E-state index contributed by atoms with van der Waals surface area (Å²) in [6.45, 7) is 1.31. The molecule has 0 amide bonds. The van der Waals surface area contributed by atoms with Crippen LogP contribution in [-0.4, -0.2) is 13.1 Å². The second-order valence-electron chi connectivity index (χ2n) is 4.93. The molecule has 0 bridgehead atoms. The van der Waals surface area contributed by atoms with Crippen molar-refractivity contribution < 1.29 is 18.7 Å². The van der Waals surface area contributed by atoms with Crippen LogP contribution in [0.3, 0.4) is 0 Å². The van der Waals surface area contributed by atoms with Gasteiger partial charge in [-0.1, -0.05) is 18.2 Å². The Morgan fingerprint density at radius 3 is 2.61 bits per heavy atom. The van der Waals surface area contributed by atoms with Crippen molar-refractivity contribution in [3.05, 3.63) is 59.0 Å². The van der Waals surface area contributed by atoms with E-state index in [1.165, 1.54) is 19.3 Å². The number of carbonyl (C=O) groups excluding carboxylic acids is 1. The van der Waals surface area contributed by atoms with Gasteiger partial charge >= 0.3 is 5.97 Å². The second-order valence-corrected chi connectivity index (χ2v) is 4.93. The van der Waals surface area contributed by atoms with Crippen molar-refractivity contribution in [3.63, 3.8) is 0 Å². The Bertz CT molecular complexity index is 940. The molecule has 0 aliphatic heterocycles. The van der Waals surface area contributed by atoms with Crippen LogP contribution in [-0.2, 0) is 4.79 Å². The zero-order valence-electron chi connectivity index (χ0n) is 12.7. The van der Waals surface area contributed by atoms with Crippen LogP contribution >= 0.6 is 0 Å². The number of para-hydroxylation sites is 1. The molecule has 0 N–H and O–H groups in total.